The second-order valence-corrected chi connectivity index (χ2v) is 3.86. The lowest BCUT2D eigenvalue weighted by Gasteiger charge is -2.22. The van der Waals surface area contributed by atoms with Crippen molar-refractivity contribution >= 4 is 17.6 Å². The zero-order valence-electron chi connectivity index (χ0n) is 10.7. The van der Waals surface area contributed by atoms with Crippen LogP contribution in [0.5, 0.6) is 5.75 Å². The van der Waals surface area contributed by atoms with Gasteiger partial charge in [0.05, 0.1) is 12.3 Å². The van der Waals surface area contributed by atoms with Gasteiger partial charge in [-0.15, -0.1) is 0 Å². The molecular formula is C13H17NO4. The Balaban J connectivity index is 2.99. The third-order valence-corrected chi connectivity index (χ3v) is 2.60. The Morgan fingerprint density at radius 2 is 2.00 bits per heavy atom. The van der Waals surface area contributed by atoms with Crippen molar-refractivity contribution in [2.24, 2.45) is 5.92 Å². The molecule has 1 N–H and O–H groups in total. The number of amides is 1. The van der Waals surface area contributed by atoms with Gasteiger partial charge in [0, 0.05) is 7.05 Å². The van der Waals surface area contributed by atoms with Crippen LogP contribution in [0, 0.1) is 5.92 Å². The number of carboxylic acid groups (broad SMARTS) is 1. The molecule has 1 aromatic rings. The van der Waals surface area contributed by atoms with Crippen LogP contribution in [0.1, 0.15) is 13.8 Å². The van der Waals surface area contributed by atoms with Gasteiger partial charge in [-0.1, -0.05) is 12.1 Å². The molecule has 0 aromatic heterocycles. The molecule has 0 aliphatic carbocycles. The van der Waals surface area contributed by atoms with Gasteiger partial charge >= 0.3 is 5.97 Å². The molecule has 0 bridgehead atoms. The summed E-state index contributed by atoms with van der Waals surface area (Å²) in [4.78, 5) is 24.0. The summed E-state index contributed by atoms with van der Waals surface area (Å²) >= 11 is 0. The van der Waals surface area contributed by atoms with Crippen LogP contribution >= 0.6 is 0 Å². The molecule has 0 aliphatic heterocycles. The summed E-state index contributed by atoms with van der Waals surface area (Å²) in [7, 11) is 1.54. The molecule has 18 heavy (non-hydrogen) atoms. The van der Waals surface area contributed by atoms with E-state index in [1.54, 1.807) is 31.3 Å². The minimum absolute atomic E-state index is 0.477. The first-order valence-corrected chi connectivity index (χ1v) is 5.71. The van der Waals surface area contributed by atoms with E-state index in [2.05, 4.69) is 0 Å². The third-order valence-electron chi connectivity index (χ3n) is 2.60. The van der Waals surface area contributed by atoms with E-state index in [1.807, 2.05) is 6.92 Å². The van der Waals surface area contributed by atoms with E-state index in [4.69, 9.17) is 9.84 Å². The molecule has 98 valence electrons. The minimum atomic E-state index is -1.14. The zero-order valence-corrected chi connectivity index (χ0v) is 10.7. The molecule has 1 atom stereocenters. The lowest BCUT2D eigenvalue weighted by atomic mass is 10.1. The number of carbonyl (C=O) groups is 2. The van der Waals surface area contributed by atoms with Crippen LogP contribution in [0.3, 0.4) is 0 Å². The highest BCUT2D eigenvalue weighted by Crippen LogP contribution is 2.28. The van der Waals surface area contributed by atoms with Gasteiger partial charge in [0.25, 0.3) is 0 Å². The quantitative estimate of drug-likeness (QED) is 0.810. The van der Waals surface area contributed by atoms with Gasteiger partial charge in [-0.05, 0) is 26.0 Å². The van der Waals surface area contributed by atoms with Crippen molar-refractivity contribution in [3.63, 3.8) is 0 Å². The molecule has 0 saturated heterocycles. The number of benzene rings is 1. The highest BCUT2D eigenvalue weighted by molar-refractivity contribution is 6.05. The lowest BCUT2D eigenvalue weighted by Crippen LogP contribution is -2.35. The highest BCUT2D eigenvalue weighted by Gasteiger charge is 2.26. The van der Waals surface area contributed by atoms with E-state index < -0.39 is 17.8 Å². The van der Waals surface area contributed by atoms with Crippen LogP contribution in [-0.2, 0) is 9.59 Å². The summed E-state index contributed by atoms with van der Waals surface area (Å²) in [6.45, 7) is 3.69. The molecule has 0 saturated carbocycles. The standard InChI is InChI=1S/C13H17NO4/c1-4-18-11-8-6-5-7-10(11)14(3)12(15)9(2)13(16)17/h5-9H,4H2,1-3H3,(H,16,17). The molecule has 0 fully saturated rings. The maximum atomic E-state index is 11.9. The number of aliphatic carboxylic acids is 1. The van der Waals surface area contributed by atoms with E-state index in [0.717, 1.165) is 0 Å². The number of anilines is 1. The molecule has 0 heterocycles. The third kappa shape index (κ3) is 3.00. The first-order valence-electron chi connectivity index (χ1n) is 5.71. The number of carbonyl (C=O) groups excluding carboxylic acids is 1. The van der Waals surface area contributed by atoms with Crippen molar-refractivity contribution < 1.29 is 19.4 Å². The molecule has 5 heteroatoms. The summed E-state index contributed by atoms with van der Waals surface area (Å²) in [5.74, 6) is -2.13. The van der Waals surface area contributed by atoms with Crippen LogP contribution in [0.15, 0.2) is 24.3 Å². The molecule has 5 nitrogen and oxygen atoms in total. The second kappa shape index (κ2) is 6.05. The van der Waals surface area contributed by atoms with Crippen LogP contribution in [-0.4, -0.2) is 30.6 Å². The highest BCUT2D eigenvalue weighted by atomic mass is 16.5. The average molecular weight is 251 g/mol. The van der Waals surface area contributed by atoms with Gasteiger partial charge in [0.15, 0.2) is 0 Å². The number of rotatable bonds is 5. The smallest absolute Gasteiger partial charge is 0.315 e. The van der Waals surface area contributed by atoms with Gasteiger partial charge < -0.3 is 14.7 Å². The number of para-hydroxylation sites is 2. The predicted octanol–water partition coefficient (Wildman–Crippen LogP) is 1.77. The number of carboxylic acids is 1. The van der Waals surface area contributed by atoms with Crippen molar-refractivity contribution in [2.45, 2.75) is 13.8 Å². The van der Waals surface area contributed by atoms with Crippen LogP contribution in [0.2, 0.25) is 0 Å². The van der Waals surface area contributed by atoms with Crippen LogP contribution in [0.4, 0.5) is 5.69 Å². The van der Waals surface area contributed by atoms with Crippen molar-refractivity contribution in [3.8, 4) is 5.75 Å². The average Bonchev–Trinajstić information content (AvgIpc) is 2.37. The number of hydrogen-bond donors (Lipinski definition) is 1. The summed E-state index contributed by atoms with van der Waals surface area (Å²) in [6.07, 6.45) is 0. The normalized spacial score (nSPS) is 11.7. The fourth-order valence-corrected chi connectivity index (χ4v) is 1.53. The van der Waals surface area contributed by atoms with Crippen molar-refractivity contribution in [1.29, 1.82) is 0 Å². The Hall–Kier alpha value is -2.04. The van der Waals surface area contributed by atoms with E-state index in [-0.39, 0.29) is 0 Å². The summed E-state index contributed by atoms with van der Waals surface area (Å²) in [5.41, 5.74) is 0.567. The molecular weight excluding hydrogens is 234 g/mol. The van der Waals surface area contributed by atoms with Crippen molar-refractivity contribution in [1.82, 2.24) is 0 Å². The Morgan fingerprint density at radius 3 is 2.56 bits per heavy atom. The van der Waals surface area contributed by atoms with E-state index in [1.165, 1.54) is 11.8 Å². The molecule has 0 radical (unpaired) electrons. The first-order chi connectivity index (χ1) is 8.49. The topological polar surface area (TPSA) is 66.8 Å². The molecule has 0 spiro atoms. The van der Waals surface area contributed by atoms with E-state index >= 15 is 0 Å². The van der Waals surface area contributed by atoms with E-state index in [9.17, 15) is 9.59 Å². The molecule has 1 amide bonds. The lowest BCUT2D eigenvalue weighted by molar-refractivity contribution is -0.145. The maximum Gasteiger partial charge on any atom is 0.315 e. The van der Waals surface area contributed by atoms with Gasteiger partial charge in [-0.3, -0.25) is 9.59 Å². The Labute approximate surface area is 106 Å². The molecule has 1 rings (SSSR count). The minimum Gasteiger partial charge on any atom is -0.492 e. The Kier molecular flexibility index (Phi) is 4.71. The summed E-state index contributed by atoms with van der Waals surface area (Å²) in [6, 6.07) is 7.03. The number of nitrogens with zero attached hydrogens (tertiary/aromatic N) is 1. The Morgan fingerprint density at radius 1 is 1.39 bits per heavy atom. The van der Waals surface area contributed by atoms with Gasteiger partial charge in [0.1, 0.15) is 11.7 Å². The maximum absolute atomic E-state index is 11.9. The zero-order chi connectivity index (χ0) is 13.7. The summed E-state index contributed by atoms with van der Waals surface area (Å²) < 4.78 is 5.41. The fraction of sp³-hybridized carbons (Fsp3) is 0.385. The van der Waals surface area contributed by atoms with Gasteiger partial charge in [-0.2, -0.15) is 0 Å². The monoisotopic (exact) mass is 251 g/mol. The fourth-order valence-electron chi connectivity index (χ4n) is 1.53. The molecule has 1 unspecified atom stereocenters. The number of hydrogen-bond acceptors (Lipinski definition) is 3. The Bertz CT molecular complexity index is 444. The predicted molar refractivity (Wildman–Crippen MR) is 67.8 cm³/mol. The summed E-state index contributed by atoms with van der Waals surface area (Å²) in [5, 5.41) is 8.84. The van der Waals surface area contributed by atoms with Crippen LogP contribution in [0.25, 0.3) is 0 Å². The molecule has 1 aromatic carbocycles. The second-order valence-electron chi connectivity index (χ2n) is 3.86. The largest absolute Gasteiger partial charge is 0.492 e. The molecule has 0 aliphatic rings. The van der Waals surface area contributed by atoms with Gasteiger partial charge in [-0.25, -0.2) is 0 Å². The van der Waals surface area contributed by atoms with E-state index in [0.29, 0.717) is 18.0 Å². The van der Waals surface area contributed by atoms with Crippen molar-refractivity contribution in [3.05, 3.63) is 24.3 Å². The number of ether oxygens (including phenoxy) is 1. The van der Waals surface area contributed by atoms with Crippen LogP contribution < -0.4 is 9.64 Å². The van der Waals surface area contributed by atoms with Gasteiger partial charge in [0.2, 0.25) is 5.91 Å². The van der Waals surface area contributed by atoms with Crippen molar-refractivity contribution in [2.75, 3.05) is 18.6 Å². The SMILES string of the molecule is CCOc1ccccc1N(C)C(=O)C(C)C(=O)O. The first kappa shape index (κ1) is 14.0.